The Morgan fingerprint density at radius 1 is 1.07 bits per heavy atom. The second-order valence-corrected chi connectivity index (χ2v) is 6.50. The number of nitrogens with zero attached hydrogens (tertiary/aromatic N) is 1. The quantitative estimate of drug-likeness (QED) is 0.617. The van der Waals surface area contributed by atoms with Crippen molar-refractivity contribution in [3.63, 3.8) is 0 Å². The van der Waals surface area contributed by atoms with Crippen LogP contribution in [0.5, 0.6) is 5.75 Å². The lowest BCUT2D eigenvalue weighted by Crippen LogP contribution is -2.38. The lowest BCUT2D eigenvalue weighted by Gasteiger charge is -2.22. The number of carbonyl (C=O) groups excluding carboxylic acids is 1. The standard InChI is InChI=1S/C22H30N2O3/c1-4-27-20-13-11-19(12-14-20)22(18-9-6-5-7-10-18)23-21(25)17-24(2)15-8-16-26-3/h5-7,9-14,22H,4,8,15-17H2,1-3H3,(H,23,25). The summed E-state index contributed by atoms with van der Waals surface area (Å²) in [5.74, 6) is 0.829. The Kier molecular flexibility index (Phi) is 8.81. The third kappa shape index (κ3) is 7.04. The second kappa shape index (κ2) is 11.4. The van der Waals surface area contributed by atoms with Crippen molar-refractivity contribution in [3.05, 3.63) is 65.7 Å². The fourth-order valence-electron chi connectivity index (χ4n) is 2.94. The third-order valence-electron chi connectivity index (χ3n) is 4.26. The zero-order chi connectivity index (χ0) is 19.5. The van der Waals surface area contributed by atoms with Gasteiger partial charge in [0.25, 0.3) is 0 Å². The van der Waals surface area contributed by atoms with Gasteiger partial charge in [-0.15, -0.1) is 0 Å². The zero-order valence-corrected chi connectivity index (χ0v) is 16.5. The number of likely N-dealkylation sites (N-methyl/N-ethyl adjacent to an activating group) is 1. The minimum Gasteiger partial charge on any atom is -0.494 e. The maximum atomic E-state index is 12.6. The summed E-state index contributed by atoms with van der Waals surface area (Å²) in [5, 5.41) is 3.17. The van der Waals surface area contributed by atoms with Crippen LogP contribution in [0.2, 0.25) is 0 Å². The molecule has 146 valence electrons. The molecule has 0 radical (unpaired) electrons. The molecule has 0 bridgehead atoms. The summed E-state index contributed by atoms with van der Waals surface area (Å²) >= 11 is 0. The van der Waals surface area contributed by atoms with Gasteiger partial charge in [0.05, 0.1) is 19.2 Å². The largest absolute Gasteiger partial charge is 0.494 e. The highest BCUT2D eigenvalue weighted by atomic mass is 16.5. The van der Waals surface area contributed by atoms with Gasteiger partial charge in [-0.25, -0.2) is 0 Å². The Bertz CT molecular complexity index is 674. The summed E-state index contributed by atoms with van der Waals surface area (Å²) in [7, 11) is 3.64. The SMILES string of the molecule is CCOc1ccc(C(NC(=O)CN(C)CCCOC)c2ccccc2)cc1. The minimum atomic E-state index is -0.193. The molecule has 0 aromatic heterocycles. The van der Waals surface area contributed by atoms with Crippen LogP contribution in [0.3, 0.4) is 0 Å². The molecule has 1 amide bonds. The van der Waals surface area contributed by atoms with Crippen molar-refractivity contribution in [1.29, 1.82) is 0 Å². The minimum absolute atomic E-state index is 0.00217. The van der Waals surface area contributed by atoms with E-state index in [-0.39, 0.29) is 11.9 Å². The Balaban J connectivity index is 2.08. The number of carbonyl (C=O) groups is 1. The highest BCUT2D eigenvalue weighted by Gasteiger charge is 2.17. The predicted molar refractivity (Wildman–Crippen MR) is 108 cm³/mol. The van der Waals surface area contributed by atoms with Gasteiger partial charge in [0.15, 0.2) is 0 Å². The zero-order valence-electron chi connectivity index (χ0n) is 16.5. The summed E-state index contributed by atoms with van der Waals surface area (Å²) in [6, 6.07) is 17.7. The van der Waals surface area contributed by atoms with Gasteiger partial charge in [-0.2, -0.15) is 0 Å². The topological polar surface area (TPSA) is 50.8 Å². The van der Waals surface area contributed by atoms with Crippen molar-refractivity contribution in [2.45, 2.75) is 19.4 Å². The molecule has 0 heterocycles. The van der Waals surface area contributed by atoms with E-state index in [1.807, 2.05) is 73.5 Å². The van der Waals surface area contributed by atoms with E-state index in [0.717, 1.165) is 29.8 Å². The Morgan fingerprint density at radius 2 is 1.74 bits per heavy atom. The lowest BCUT2D eigenvalue weighted by molar-refractivity contribution is -0.122. The highest BCUT2D eigenvalue weighted by Crippen LogP contribution is 2.24. The van der Waals surface area contributed by atoms with Crippen LogP contribution in [0.1, 0.15) is 30.5 Å². The molecule has 2 aromatic carbocycles. The molecule has 1 N–H and O–H groups in total. The number of nitrogens with one attached hydrogen (secondary N) is 1. The van der Waals surface area contributed by atoms with E-state index in [0.29, 0.717) is 19.8 Å². The average molecular weight is 370 g/mol. The predicted octanol–water partition coefficient (Wildman–Crippen LogP) is 3.26. The van der Waals surface area contributed by atoms with Gasteiger partial charge in [-0.1, -0.05) is 42.5 Å². The number of amides is 1. The molecule has 2 rings (SSSR count). The molecule has 0 spiro atoms. The average Bonchev–Trinajstić information content (AvgIpc) is 2.68. The molecule has 5 nitrogen and oxygen atoms in total. The summed E-state index contributed by atoms with van der Waals surface area (Å²) in [6.45, 7) is 4.47. The van der Waals surface area contributed by atoms with E-state index in [4.69, 9.17) is 9.47 Å². The fourth-order valence-corrected chi connectivity index (χ4v) is 2.94. The van der Waals surface area contributed by atoms with E-state index < -0.39 is 0 Å². The fraction of sp³-hybridized carbons (Fsp3) is 0.409. The normalized spacial score (nSPS) is 12.0. The molecule has 0 fully saturated rings. The van der Waals surface area contributed by atoms with Crippen LogP contribution >= 0.6 is 0 Å². The molecule has 1 atom stereocenters. The summed E-state index contributed by atoms with van der Waals surface area (Å²) in [5.41, 5.74) is 2.08. The van der Waals surface area contributed by atoms with Crippen molar-refractivity contribution >= 4 is 5.91 Å². The smallest absolute Gasteiger partial charge is 0.234 e. The Hall–Kier alpha value is -2.37. The van der Waals surface area contributed by atoms with Crippen molar-refractivity contribution in [2.75, 3.05) is 40.5 Å². The molecule has 27 heavy (non-hydrogen) atoms. The Morgan fingerprint density at radius 3 is 2.37 bits per heavy atom. The monoisotopic (exact) mass is 370 g/mol. The summed E-state index contributed by atoms with van der Waals surface area (Å²) in [6.07, 6.45) is 0.904. The van der Waals surface area contributed by atoms with Gasteiger partial charge >= 0.3 is 0 Å². The van der Waals surface area contributed by atoms with Gasteiger partial charge < -0.3 is 14.8 Å². The molecule has 1 unspecified atom stereocenters. The molecule has 0 saturated heterocycles. The first-order chi connectivity index (χ1) is 13.1. The molecule has 5 heteroatoms. The third-order valence-corrected chi connectivity index (χ3v) is 4.26. The second-order valence-electron chi connectivity index (χ2n) is 6.50. The highest BCUT2D eigenvalue weighted by molar-refractivity contribution is 5.79. The van der Waals surface area contributed by atoms with E-state index >= 15 is 0 Å². The van der Waals surface area contributed by atoms with Crippen LogP contribution in [0.25, 0.3) is 0 Å². The van der Waals surface area contributed by atoms with Crippen molar-refractivity contribution in [1.82, 2.24) is 10.2 Å². The van der Waals surface area contributed by atoms with Crippen molar-refractivity contribution < 1.29 is 14.3 Å². The first-order valence-corrected chi connectivity index (χ1v) is 9.38. The van der Waals surface area contributed by atoms with Crippen LogP contribution in [0.4, 0.5) is 0 Å². The first kappa shape index (κ1) is 20.9. The maximum absolute atomic E-state index is 12.6. The van der Waals surface area contributed by atoms with Crippen molar-refractivity contribution in [3.8, 4) is 5.75 Å². The summed E-state index contributed by atoms with van der Waals surface area (Å²) in [4.78, 5) is 14.6. The molecule has 2 aromatic rings. The first-order valence-electron chi connectivity index (χ1n) is 9.38. The van der Waals surface area contributed by atoms with E-state index in [2.05, 4.69) is 5.32 Å². The van der Waals surface area contributed by atoms with Crippen LogP contribution in [0.15, 0.2) is 54.6 Å². The van der Waals surface area contributed by atoms with Gasteiger partial charge in [0.1, 0.15) is 5.75 Å². The summed E-state index contributed by atoms with van der Waals surface area (Å²) < 4.78 is 10.6. The molecular weight excluding hydrogens is 340 g/mol. The lowest BCUT2D eigenvalue weighted by atomic mass is 9.98. The van der Waals surface area contributed by atoms with Crippen LogP contribution < -0.4 is 10.1 Å². The maximum Gasteiger partial charge on any atom is 0.234 e. The number of methoxy groups -OCH3 is 1. The van der Waals surface area contributed by atoms with E-state index in [1.54, 1.807) is 7.11 Å². The van der Waals surface area contributed by atoms with Crippen LogP contribution in [-0.4, -0.2) is 51.3 Å². The van der Waals surface area contributed by atoms with E-state index in [1.165, 1.54) is 0 Å². The molecule has 0 aliphatic carbocycles. The van der Waals surface area contributed by atoms with E-state index in [9.17, 15) is 4.79 Å². The van der Waals surface area contributed by atoms with Gasteiger partial charge in [-0.3, -0.25) is 9.69 Å². The van der Waals surface area contributed by atoms with Gasteiger partial charge in [-0.05, 0) is 43.7 Å². The number of benzene rings is 2. The van der Waals surface area contributed by atoms with Crippen LogP contribution in [0, 0.1) is 0 Å². The molecule has 0 aliphatic rings. The molecular formula is C22H30N2O3. The number of hydrogen-bond acceptors (Lipinski definition) is 4. The molecule has 0 aliphatic heterocycles. The number of hydrogen-bond donors (Lipinski definition) is 1. The van der Waals surface area contributed by atoms with Gasteiger partial charge in [0.2, 0.25) is 5.91 Å². The van der Waals surface area contributed by atoms with Crippen molar-refractivity contribution in [2.24, 2.45) is 0 Å². The Labute approximate surface area is 162 Å². The number of ether oxygens (including phenoxy) is 2. The molecule has 0 saturated carbocycles. The van der Waals surface area contributed by atoms with Gasteiger partial charge in [0, 0.05) is 20.3 Å². The van der Waals surface area contributed by atoms with Crippen LogP contribution in [-0.2, 0) is 9.53 Å². The number of rotatable bonds is 11.